The number of aryl methyl sites for hydroxylation is 1. The number of carbonyl (C=O) groups is 1. The molecule has 0 saturated carbocycles. The summed E-state index contributed by atoms with van der Waals surface area (Å²) >= 11 is 0. The lowest BCUT2D eigenvalue weighted by molar-refractivity contribution is -0.154. The Bertz CT molecular complexity index is 775. The molecule has 0 radical (unpaired) electrons. The molecule has 136 valence electrons. The van der Waals surface area contributed by atoms with E-state index in [-0.39, 0.29) is 16.8 Å². The average Bonchev–Trinajstić information content (AvgIpc) is 2.44. The molecule has 0 aromatic heterocycles. The van der Waals surface area contributed by atoms with Gasteiger partial charge < -0.3 is 4.74 Å². The van der Waals surface area contributed by atoms with Crippen molar-refractivity contribution in [2.45, 2.75) is 61.8 Å². The summed E-state index contributed by atoms with van der Waals surface area (Å²) < 4.78 is 5.85. The molecule has 0 saturated heterocycles. The highest BCUT2D eigenvalue weighted by atomic mass is 16.5. The van der Waals surface area contributed by atoms with Crippen molar-refractivity contribution < 1.29 is 9.53 Å². The van der Waals surface area contributed by atoms with Crippen LogP contribution < -0.4 is 4.74 Å². The maximum atomic E-state index is 13.1. The Balaban J connectivity index is 2.33. The van der Waals surface area contributed by atoms with Crippen molar-refractivity contribution in [3.05, 3.63) is 42.0 Å². The first-order chi connectivity index (χ1) is 11.3. The summed E-state index contributed by atoms with van der Waals surface area (Å²) in [6.45, 7) is 17.0. The van der Waals surface area contributed by atoms with Crippen molar-refractivity contribution in [1.29, 1.82) is 0 Å². The zero-order valence-electron chi connectivity index (χ0n) is 17.0. The Morgan fingerprint density at radius 1 is 0.880 bits per heavy atom. The molecule has 2 aromatic rings. The molecule has 1 atom stereocenters. The second-order valence-corrected chi connectivity index (χ2v) is 9.72. The van der Waals surface area contributed by atoms with Crippen LogP contribution >= 0.6 is 0 Å². The van der Waals surface area contributed by atoms with E-state index >= 15 is 0 Å². The minimum Gasteiger partial charge on any atom is -0.426 e. The fourth-order valence-corrected chi connectivity index (χ4v) is 3.33. The zero-order valence-corrected chi connectivity index (χ0v) is 17.0. The van der Waals surface area contributed by atoms with Gasteiger partial charge in [0.2, 0.25) is 0 Å². The van der Waals surface area contributed by atoms with Crippen LogP contribution in [0.4, 0.5) is 0 Å². The van der Waals surface area contributed by atoms with Gasteiger partial charge in [0.1, 0.15) is 5.75 Å². The highest BCUT2D eigenvalue weighted by Crippen LogP contribution is 2.47. The summed E-state index contributed by atoms with van der Waals surface area (Å²) in [6.07, 6.45) is 0.773. The smallest absolute Gasteiger partial charge is 0.317 e. The van der Waals surface area contributed by atoms with Gasteiger partial charge in [-0.15, -0.1) is 0 Å². The normalized spacial score (nSPS) is 15.0. The maximum absolute atomic E-state index is 13.1. The van der Waals surface area contributed by atoms with Crippen molar-refractivity contribution in [1.82, 2.24) is 0 Å². The molecular weight excluding hydrogens is 308 g/mol. The molecule has 2 aromatic carbocycles. The van der Waals surface area contributed by atoms with Crippen LogP contribution in [0.5, 0.6) is 5.75 Å². The average molecular weight is 341 g/mol. The Labute approximate surface area is 152 Å². The number of benzene rings is 2. The first kappa shape index (κ1) is 19.5. The quantitative estimate of drug-likeness (QED) is 0.468. The van der Waals surface area contributed by atoms with E-state index in [1.54, 1.807) is 0 Å². The van der Waals surface area contributed by atoms with E-state index in [1.807, 2.05) is 25.1 Å². The summed E-state index contributed by atoms with van der Waals surface area (Å²) in [6, 6.07) is 12.1. The molecule has 0 heterocycles. The lowest BCUT2D eigenvalue weighted by atomic mass is 9.61. The second-order valence-electron chi connectivity index (χ2n) is 9.72. The third-order valence-corrected chi connectivity index (χ3v) is 5.17. The number of carbonyl (C=O) groups excluding carboxylic acids is 1. The molecule has 2 rings (SSSR count). The maximum Gasteiger partial charge on any atom is 0.317 e. The summed E-state index contributed by atoms with van der Waals surface area (Å²) in [5.41, 5.74) is 0.517. The highest BCUT2D eigenvalue weighted by molar-refractivity contribution is 5.86. The summed E-state index contributed by atoms with van der Waals surface area (Å²) in [5.74, 6) is 0.465. The minimum absolute atomic E-state index is 0.0436. The molecule has 25 heavy (non-hydrogen) atoms. The Morgan fingerprint density at radius 2 is 1.44 bits per heavy atom. The van der Waals surface area contributed by atoms with Gasteiger partial charge in [-0.05, 0) is 54.0 Å². The van der Waals surface area contributed by atoms with Gasteiger partial charge >= 0.3 is 5.97 Å². The van der Waals surface area contributed by atoms with Crippen molar-refractivity contribution in [3.63, 3.8) is 0 Å². The van der Waals surface area contributed by atoms with Crippen LogP contribution in [0.2, 0.25) is 0 Å². The number of fused-ring (bicyclic) bond motifs is 1. The van der Waals surface area contributed by atoms with Gasteiger partial charge in [0.25, 0.3) is 0 Å². The Hall–Kier alpha value is -1.83. The van der Waals surface area contributed by atoms with E-state index in [0.717, 1.165) is 17.2 Å². The van der Waals surface area contributed by atoms with Crippen LogP contribution in [0.1, 0.15) is 60.5 Å². The second kappa shape index (κ2) is 6.48. The molecule has 0 bridgehead atoms. The fourth-order valence-electron chi connectivity index (χ4n) is 3.33. The van der Waals surface area contributed by atoms with Gasteiger partial charge in [-0.2, -0.15) is 0 Å². The first-order valence-corrected chi connectivity index (χ1v) is 9.05. The van der Waals surface area contributed by atoms with Crippen molar-refractivity contribution >= 4 is 16.7 Å². The number of esters is 1. The molecule has 2 heteroatoms. The van der Waals surface area contributed by atoms with Gasteiger partial charge in [0.15, 0.2) is 0 Å². The molecule has 2 nitrogen and oxygen atoms in total. The fraction of sp³-hybridized carbons (Fsp3) is 0.522. The van der Waals surface area contributed by atoms with Crippen LogP contribution in [-0.2, 0) is 4.79 Å². The third kappa shape index (κ3) is 4.42. The predicted molar refractivity (Wildman–Crippen MR) is 106 cm³/mol. The molecule has 0 aliphatic rings. The molecular formula is C23H32O2. The van der Waals surface area contributed by atoms with Gasteiger partial charge in [-0.25, -0.2) is 0 Å². The van der Waals surface area contributed by atoms with Crippen LogP contribution in [0.25, 0.3) is 10.8 Å². The van der Waals surface area contributed by atoms with E-state index in [1.165, 1.54) is 5.56 Å². The Kier molecular flexibility index (Phi) is 5.05. The molecule has 0 aliphatic carbocycles. The third-order valence-electron chi connectivity index (χ3n) is 5.17. The lowest BCUT2D eigenvalue weighted by Gasteiger charge is -2.43. The lowest BCUT2D eigenvalue weighted by Crippen LogP contribution is -2.45. The summed E-state index contributed by atoms with van der Waals surface area (Å²) in [5, 5.41) is 2.25. The summed E-state index contributed by atoms with van der Waals surface area (Å²) in [7, 11) is 0. The van der Waals surface area contributed by atoms with E-state index in [0.29, 0.717) is 5.75 Å². The molecule has 1 unspecified atom stereocenters. The van der Waals surface area contributed by atoms with E-state index in [2.05, 4.69) is 66.7 Å². The van der Waals surface area contributed by atoms with Crippen LogP contribution in [0, 0.1) is 23.2 Å². The molecule has 0 spiro atoms. The largest absolute Gasteiger partial charge is 0.426 e. The minimum atomic E-state index is -0.562. The monoisotopic (exact) mass is 340 g/mol. The molecule has 0 amide bonds. The van der Waals surface area contributed by atoms with Gasteiger partial charge in [0, 0.05) is 0 Å². The van der Waals surface area contributed by atoms with Crippen molar-refractivity contribution in [3.8, 4) is 5.75 Å². The topological polar surface area (TPSA) is 26.3 Å². The molecule has 0 N–H and O–H groups in total. The SMILES string of the molecule is Cc1ccc2cc(OC(=O)C(C)(CC(C)(C)C)C(C)(C)C)ccc2c1. The number of hydrogen-bond acceptors (Lipinski definition) is 2. The highest BCUT2D eigenvalue weighted by Gasteiger charge is 2.47. The Morgan fingerprint density at radius 3 is 2.00 bits per heavy atom. The first-order valence-electron chi connectivity index (χ1n) is 9.05. The standard InChI is InChI=1S/C23H32O2/c1-16-9-10-18-14-19(12-11-17(18)13-16)25-20(24)23(8,22(5,6)7)15-21(2,3)4/h9-14H,15H2,1-8H3. The number of ether oxygens (including phenoxy) is 1. The molecule has 0 aliphatic heterocycles. The van der Waals surface area contributed by atoms with E-state index < -0.39 is 5.41 Å². The van der Waals surface area contributed by atoms with Crippen LogP contribution in [-0.4, -0.2) is 5.97 Å². The zero-order chi connectivity index (χ0) is 19.0. The van der Waals surface area contributed by atoms with Crippen molar-refractivity contribution in [2.75, 3.05) is 0 Å². The van der Waals surface area contributed by atoms with Gasteiger partial charge in [0.05, 0.1) is 5.41 Å². The van der Waals surface area contributed by atoms with Crippen molar-refractivity contribution in [2.24, 2.45) is 16.2 Å². The molecule has 0 fully saturated rings. The van der Waals surface area contributed by atoms with Crippen LogP contribution in [0.3, 0.4) is 0 Å². The van der Waals surface area contributed by atoms with Crippen LogP contribution in [0.15, 0.2) is 36.4 Å². The van der Waals surface area contributed by atoms with Gasteiger partial charge in [-0.3, -0.25) is 4.79 Å². The van der Waals surface area contributed by atoms with E-state index in [9.17, 15) is 4.79 Å². The van der Waals surface area contributed by atoms with Gasteiger partial charge in [-0.1, -0.05) is 71.4 Å². The van der Waals surface area contributed by atoms with E-state index in [4.69, 9.17) is 4.74 Å². The summed E-state index contributed by atoms with van der Waals surface area (Å²) in [4.78, 5) is 13.1. The predicted octanol–water partition coefficient (Wildman–Crippen LogP) is 6.54. The number of rotatable bonds is 3. The number of hydrogen-bond donors (Lipinski definition) is 0.